The predicted molar refractivity (Wildman–Crippen MR) is 44.5 cm³/mol. The van der Waals surface area contributed by atoms with Gasteiger partial charge < -0.3 is 9.11 Å². The Morgan fingerprint density at radius 2 is 1.08 bits per heavy atom. The van der Waals surface area contributed by atoms with Crippen molar-refractivity contribution < 1.29 is 17.5 Å². The lowest BCUT2D eigenvalue weighted by molar-refractivity contribution is 0.560. The Balaban J connectivity index is 3.01. The molecule has 0 saturated carbocycles. The molecule has 2 unspecified atom stereocenters. The van der Waals surface area contributed by atoms with E-state index in [0.717, 1.165) is 0 Å². The summed E-state index contributed by atoms with van der Waals surface area (Å²) in [6.07, 6.45) is 0. The van der Waals surface area contributed by atoms with Crippen LogP contribution in [-0.4, -0.2) is 17.5 Å². The van der Waals surface area contributed by atoms with Gasteiger partial charge in [-0.1, -0.05) is 0 Å². The fourth-order valence-electron chi connectivity index (χ4n) is 0.672. The van der Waals surface area contributed by atoms with Crippen LogP contribution in [0.15, 0.2) is 34.1 Å². The molecule has 1 rings (SSSR count). The van der Waals surface area contributed by atoms with E-state index in [2.05, 4.69) is 0 Å². The minimum atomic E-state index is -2.03. The van der Waals surface area contributed by atoms with Gasteiger partial charge in [-0.25, -0.2) is 8.42 Å². The lowest BCUT2D eigenvalue weighted by Crippen LogP contribution is -1.91. The highest BCUT2D eigenvalue weighted by atomic mass is 32.2. The van der Waals surface area contributed by atoms with Gasteiger partial charge in [0.25, 0.3) is 0 Å². The van der Waals surface area contributed by atoms with Gasteiger partial charge in [-0.2, -0.15) is 0 Å². The molecule has 0 aliphatic heterocycles. The zero-order valence-electron chi connectivity index (χ0n) is 5.84. The first-order valence-corrected chi connectivity index (χ1v) is 5.14. The first-order chi connectivity index (χ1) is 5.61. The normalized spacial score (nSPS) is 15.5. The molecule has 2 N–H and O–H groups in total. The Hall–Kier alpha value is -0.560. The van der Waals surface area contributed by atoms with E-state index in [1.807, 2.05) is 0 Å². The molecule has 4 nitrogen and oxygen atoms in total. The lowest BCUT2D eigenvalue weighted by atomic mass is 10.4. The fourth-order valence-corrected chi connectivity index (χ4v) is 1.41. The van der Waals surface area contributed by atoms with Crippen LogP contribution in [0.2, 0.25) is 0 Å². The van der Waals surface area contributed by atoms with E-state index in [9.17, 15) is 8.42 Å². The quantitative estimate of drug-likeness (QED) is 0.703. The van der Waals surface area contributed by atoms with Gasteiger partial charge in [0.15, 0.2) is 22.2 Å². The van der Waals surface area contributed by atoms with E-state index in [4.69, 9.17) is 9.11 Å². The maximum Gasteiger partial charge on any atom is 0.186 e. The summed E-state index contributed by atoms with van der Waals surface area (Å²) in [5, 5.41) is 0. The molecular formula is C6H6O4S2. The van der Waals surface area contributed by atoms with Gasteiger partial charge in [0.1, 0.15) is 0 Å². The molecule has 0 saturated heterocycles. The molecule has 0 amide bonds. The van der Waals surface area contributed by atoms with Crippen molar-refractivity contribution in [3.8, 4) is 0 Å². The molecule has 0 heterocycles. The topological polar surface area (TPSA) is 74.6 Å². The van der Waals surface area contributed by atoms with Crippen LogP contribution in [-0.2, 0) is 22.2 Å². The van der Waals surface area contributed by atoms with Crippen LogP contribution >= 0.6 is 0 Å². The summed E-state index contributed by atoms with van der Waals surface area (Å²) in [7, 11) is 0. The van der Waals surface area contributed by atoms with Crippen LogP contribution < -0.4 is 0 Å². The van der Waals surface area contributed by atoms with Crippen molar-refractivity contribution in [2.24, 2.45) is 0 Å². The third-order valence-electron chi connectivity index (χ3n) is 1.23. The van der Waals surface area contributed by atoms with E-state index >= 15 is 0 Å². The van der Waals surface area contributed by atoms with Crippen LogP contribution in [0.1, 0.15) is 0 Å². The molecule has 0 aliphatic carbocycles. The molecule has 0 spiro atoms. The van der Waals surface area contributed by atoms with Gasteiger partial charge in [0.05, 0.1) is 9.79 Å². The van der Waals surface area contributed by atoms with Gasteiger partial charge in [0, 0.05) is 0 Å². The van der Waals surface area contributed by atoms with E-state index in [-0.39, 0.29) is 9.79 Å². The average molecular weight is 206 g/mol. The summed E-state index contributed by atoms with van der Waals surface area (Å²) in [5.41, 5.74) is 0. The zero-order chi connectivity index (χ0) is 9.14. The second kappa shape index (κ2) is 3.90. The van der Waals surface area contributed by atoms with Crippen molar-refractivity contribution in [3.05, 3.63) is 24.3 Å². The highest BCUT2D eigenvalue weighted by Crippen LogP contribution is 2.09. The minimum absolute atomic E-state index is 0.212. The Labute approximate surface area is 74.2 Å². The predicted octanol–water partition coefficient (Wildman–Crippen LogP) is 0.848. The van der Waals surface area contributed by atoms with Gasteiger partial charge >= 0.3 is 0 Å². The molecule has 6 heteroatoms. The maximum atomic E-state index is 10.5. The van der Waals surface area contributed by atoms with Crippen molar-refractivity contribution >= 4 is 22.2 Å². The average Bonchev–Trinajstić information content (AvgIpc) is 2.04. The highest BCUT2D eigenvalue weighted by molar-refractivity contribution is 7.79. The summed E-state index contributed by atoms with van der Waals surface area (Å²) in [6, 6.07) is 5.33. The van der Waals surface area contributed by atoms with Crippen LogP contribution in [0.3, 0.4) is 0 Å². The summed E-state index contributed by atoms with van der Waals surface area (Å²) < 4.78 is 38.1. The van der Waals surface area contributed by atoms with Crippen LogP contribution in [0.25, 0.3) is 0 Å². The van der Waals surface area contributed by atoms with Crippen molar-refractivity contribution in [1.29, 1.82) is 0 Å². The molecule has 1 aromatic carbocycles. The smallest absolute Gasteiger partial charge is 0.186 e. The molecule has 1 aromatic rings. The fraction of sp³-hybridized carbons (Fsp3) is 0. The lowest BCUT2D eigenvalue weighted by Gasteiger charge is -1.95. The Morgan fingerprint density at radius 3 is 1.25 bits per heavy atom. The first kappa shape index (κ1) is 9.53. The molecule has 12 heavy (non-hydrogen) atoms. The first-order valence-electron chi connectivity index (χ1n) is 2.93. The van der Waals surface area contributed by atoms with E-state index < -0.39 is 22.2 Å². The number of rotatable bonds is 2. The van der Waals surface area contributed by atoms with E-state index in [1.165, 1.54) is 24.3 Å². The molecule has 66 valence electrons. The Kier molecular flexibility index (Phi) is 3.10. The van der Waals surface area contributed by atoms with Crippen molar-refractivity contribution in [3.63, 3.8) is 0 Å². The van der Waals surface area contributed by atoms with E-state index in [0.29, 0.717) is 0 Å². The molecular weight excluding hydrogens is 200 g/mol. The third kappa shape index (κ3) is 2.21. The Bertz CT molecular complexity index is 286. The number of benzene rings is 1. The molecule has 0 aromatic heterocycles. The zero-order valence-corrected chi connectivity index (χ0v) is 7.47. The van der Waals surface area contributed by atoms with Crippen molar-refractivity contribution in [2.45, 2.75) is 9.79 Å². The van der Waals surface area contributed by atoms with Crippen LogP contribution in [0.5, 0.6) is 0 Å². The minimum Gasteiger partial charge on any atom is -0.302 e. The van der Waals surface area contributed by atoms with E-state index in [1.54, 1.807) is 0 Å². The van der Waals surface area contributed by atoms with Crippen LogP contribution in [0, 0.1) is 0 Å². The van der Waals surface area contributed by atoms with Gasteiger partial charge in [-0.05, 0) is 24.3 Å². The third-order valence-corrected chi connectivity index (χ3v) is 2.58. The summed E-state index contributed by atoms with van der Waals surface area (Å²) in [6.45, 7) is 0. The second-order valence-electron chi connectivity index (χ2n) is 1.97. The molecule has 0 aliphatic rings. The Morgan fingerprint density at radius 1 is 0.833 bits per heavy atom. The molecule has 0 fully saturated rings. The molecule has 0 radical (unpaired) electrons. The number of hydrogen-bond acceptors (Lipinski definition) is 2. The second-order valence-corrected chi connectivity index (χ2v) is 3.91. The van der Waals surface area contributed by atoms with Crippen molar-refractivity contribution in [1.82, 2.24) is 0 Å². The van der Waals surface area contributed by atoms with Gasteiger partial charge in [-0.15, -0.1) is 0 Å². The highest BCUT2D eigenvalue weighted by Gasteiger charge is 2.01. The molecule has 0 bridgehead atoms. The summed E-state index contributed by atoms with van der Waals surface area (Å²) in [4.78, 5) is 0.424. The van der Waals surface area contributed by atoms with Crippen molar-refractivity contribution in [2.75, 3.05) is 0 Å². The number of hydrogen-bond donors (Lipinski definition) is 2. The summed E-state index contributed by atoms with van der Waals surface area (Å²) >= 11 is -4.06. The van der Waals surface area contributed by atoms with Gasteiger partial charge in [-0.3, -0.25) is 0 Å². The SMILES string of the molecule is O=S(O)c1ccc(S(=O)O)cc1. The maximum absolute atomic E-state index is 10.5. The standard InChI is InChI=1S/C6H6O4S2/c7-11(8)5-1-2-6(4-3-5)12(9)10/h1-4H,(H,7,8)(H,9,10). The van der Waals surface area contributed by atoms with Gasteiger partial charge in [0.2, 0.25) is 0 Å². The van der Waals surface area contributed by atoms with Crippen LogP contribution in [0.4, 0.5) is 0 Å². The summed E-state index contributed by atoms with van der Waals surface area (Å²) in [5.74, 6) is 0. The monoisotopic (exact) mass is 206 g/mol. The largest absolute Gasteiger partial charge is 0.302 e. The molecule has 2 atom stereocenters.